The Morgan fingerprint density at radius 3 is 2.83 bits per heavy atom. The predicted octanol–water partition coefficient (Wildman–Crippen LogP) is 0.533. The number of benzene rings is 1. The Hall–Kier alpha value is -2.08. The van der Waals surface area contributed by atoms with Gasteiger partial charge >= 0.3 is 5.76 Å². The number of carbonyl (C=O) groups excluding carboxylic acids is 1. The van der Waals surface area contributed by atoms with Gasteiger partial charge < -0.3 is 4.42 Å². The topological polar surface area (TPSA) is 101 Å². The third kappa shape index (κ3) is 1.39. The van der Waals surface area contributed by atoms with Crippen molar-refractivity contribution < 1.29 is 9.21 Å². The van der Waals surface area contributed by atoms with E-state index < -0.39 is 11.2 Å². The van der Waals surface area contributed by atoms with Gasteiger partial charge in [-0.25, -0.2) is 10.6 Å². The van der Waals surface area contributed by atoms with Gasteiger partial charge in [-0.15, -0.1) is 0 Å². The summed E-state index contributed by atoms with van der Waals surface area (Å²) in [6, 6.07) is 5.32. The van der Waals surface area contributed by atoms with Gasteiger partial charge in [-0.3, -0.25) is 15.2 Å². The maximum Gasteiger partial charge on any atom is 0.417 e. The second-order valence-corrected chi connectivity index (χ2v) is 4.63. The summed E-state index contributed by atoms with van der Waals surface area (Å²) in [6.07, 6.45) is 2.51. The van der Waals surface area contributed by atoms with E-state index in [0.29, 0.717) is 11.1 Å². The second-order valence-electron chi connectivity index (χ2n) is 4.63. The average Bonchev–Trinajstić information content (AvgIpc) is 2.66. The van der Waals surface area contributed by atoms with Crippen LogP contribution in [-0.2, 0) is 10.2 Å². The van der Waals surface area contributed by atoms with E-state index in [1.807, 2.05) is 6.07 Å². The van der Waals surface area contributed by atoms with E-state index in [2.05, 4.69) is 10.4 Å². The zero-order chi connectivity index (χ0) is 12.8. The quantitative estimate of drug-likeness (QED) is 0.409. The minimum Gasteiger partial charge on any atom is -0.408 e. The van der Waals surface area contributed by atoms with Gasteiger partial charge in [0.25, 0.3) is 0 Å². The van der Waals surface area contributed by atoms with Crippen LogP contribution in [0.15, 0.2) is 27.4 Å². The molecular formula is C12H13N3O3. The fourth-order valence-corrected chi connectivity index (χ4v) is 2.56. The minimum absolute atomic E-state index is 0.189. The first-order valence-corrected chi connectivity index (χ1v) is 5.80. The third-order valence-corrected chi connectivity index (χ3v) is 3.75. The van der Waals surface area contributed by atoms with Gasteiger partial charge in [-0.05, 0) is 30.5 Å². The summed E-state index contributed by atoms with van der Waals surface area (Å²) < 4.78 is 5.01. The van der Waals surface area contributed by atoms with Crippen molar-refractivity contribution in [1.82, 2.24) is 10.4 Å². The van der Waals surface area contributed by atoms with Crippen molar-refractivity contribution in [2.45, 2.75) is 24.7 Å². The van der Waals surface area contributed by atoms with Gasteiger partial charge in [-0.2, -0.15) is 0 Å². The summed E-state index contributed by atoms with van der Waals surface area (Å²) in [5.74, 6) is 4.56. The van der Waals surface area contributed by atoms with Crippen molar-refractivity contribution in [3.05, 3.63) is 34.3 Å². The average molecular weight is 247 g/mol. The molecule has 0 atom stereocenters. The van der Waals surface area contributed by atoms with Crippen LogP contribution in [0.3, 0.4) is 0 Å². The largest absolute Gasteiger partial charge is 0.417 e. The molecule has 6 heteroatoms. The van der Waals surface area contributed by atoms with E-state index in [0.717, 1.165) is 24.8 Å². The lowest BCUT2D eigenvalue weighted by Crippen LogP contribution is -2.51. The maximum absolute atomic E-state index is 11.9. The summed E-state index contributed by atoms with van der Waals surface area (Å²) in [5.41, 5.74) is 3.59. The van der Waals surface area contributed by atoms with Gasteiger partial charge in [0.15, 0.2) is 5.58 Å². The molecule has 94 valence electrons. The number of hydrogen-bond acceptors (Lipinski definition) is 4. The van der Waals surface area contributed by atoms with E-state index in [9.17, 15) is 9.59 Å². The van der Waals surface area contributed by atoms with Crippen molar-refractivity contribution in [2.75, 3.05) is 0 Å². The molecule has 0 aliphatic heterocycles. The fourth-order valence-electron chi connectivity index (χ4n) is 2.56. The molecule has 6 nitrogen and oxygen atoms in total. The minimum atomic E-state index is -0.571. The lowest BCUT2D eigenvalue weighted by Gasteiger charge is -2.40. The Bertz CT molecular complexity index is 667. The number of hydrazine groups is 1. The summed E-state index contributed by atoms with van der Waals surface area (Å²) >= 11 is 0. The standard InChI is InChI=1S/C12H13N3O3/c13-15-10(16)12(4-1-5-12)7-2-3-8-9(6-7)18-11(17)14-8/h2-3,6H,1,4-5,13H2,(H,14,17)(H,15,16). The van der Waals surface area contributed by atoms with Crippen LogP contribution >= 0.6 is 0 Å². The van der Waals surface area contributed by atoms with Crippen molar-refractivity contribution >= 4 is 17.0 Å². The third-order valence-electron chi connectivity index (χ3n) is 3.75. The number of nitrogens with two attached hydrogens (primary N) is 1. The SMILES string of the molecule is NNC(=O)C1(c2ccc3[nH]c(=O)oc3c2)CCC1. The zero-order valence-corrected chi connectivity index (χ0v) is 9.66. The fraction of sp³-hybridized carbons (Fsp3) is 0.333. The maximum atomic E-state index is 11.9. The highest BCUT2D eigenvalue weighted by Crippen LogP contribution is 2.44. The Balaban J connectivity index is 2.12. The molecule has 0 unspecified atom stereocenters. The van der Waals surface area contributed by atoms with E-state index in [4.69, 9.17) is 10.3 Å². The zero-order valence-electron chi connectivity index (χ0n) is 9.66. The molecule has 0 saturated heterocycles. The van der Waals surface area contributed by atoms with E-state index >= 15 is 0 Å². The predicted molar refractivity (Wildman–Crippen MR) is 64.7 cm³/mol. The molecule has 1 aliphatic carbocycles. The number of hydrogen-bond donors (Lipinski definition) is 3. The number of aromatic nitrogens is 1. The van der Waals surface area contributed by atoms with Gasteiger partial charge in [0.1, 0.15) is 0 Å². The summed E-state index contributed by atoms with van der Waals surface area (Å²) in [4.78, 5) is 25.6. The normalized spacial score (nSPS) is 17.4. The molecule has 0 bridgehead atoms. The van der Waals surface area contributed by atoms with Gasteiger partial charge in [0.2, 0.25) is 5.91 Å². The first-order chi connectivity index (χ1) is 8.65. The number of H-pyrrole nitrogens is 1. The van der Waals surface area contributed by atoms with E-state index in [1.165, 1.54) is 0 Å². The molecule has 0 spiro atoms. The number of aromatic amines is 1. The number of rotatable bonds is 2. The highest BCUT2D eigenvalue weighted by molar-refractivity contribution is 5.90. The van der Waals surface area contributed by atoms with Crippen molar-refractivity contribution in [3.8, 4) is 0 Å². The first kappa shape index (κ1) is 11.0. The van der Waals surface area contributed by atoms with Crippen LogP contribution in [0.2, 0.25) is 0 Å². The van der Waals surface area contributed by atoms with E-state index in [-0.39, 0.29) is 5.91 Å². The van der Waals surface area contributed by atoms with Crippen LogP contribution in [0, 0.1) is 0 Å². The van der Waals surface area contributed by atoms with Crippen molar-refractivity contribution in [1.29, 1.82) is 0 Å². The molecule has 2 aromatic rings. The molecule has 3 rings (SSSR count). The monoisotopic (exact) mass is 247 g/mol. The Labute approximate surface area is 102 Å². The Kier molecular flexibility index (Phi) is 2.27. The summed E-state index contributed by atoms with van der Waals surface area (Å²) in [6.45, 7) is 0. The molecule has 1 aliphatic rings. The molecule has 18 heavy (non-hydrogen) atoms. The molecule has 1 amide bonds. The number of nitrogens with one attached hydrogen (secondary N) is 2. The lowest BCUT2D eigenvalue weighted by molar-refractivity contribution is -0.130. The Morgan fingerprint density at radius 1 is 1.44 bits per heavy atom. The number of fused-ring (bicyclic) bond motifs is 1. The Morgan fingerprint density at radius 2 is 2.22 bits per heavy atom. The molecule has 1 aromatic heterocycles. The number of carbonyl (C=O) groups is 1. The highest BCUT2D eigenvalue weighted by Gasteiger charge is 2.45. The molecule has 1 heterocycles. The van der Waals surface area contributed by atoms with Crippen molar-refractivity contribution in [3.63, 3.8) is 0 Å². The molecule has 4 N–H and O–H groups in total. The lowest BCUT2D eigenvalue weighted by atomic mass is 9.64. The van der Waals surface area contributed by atoms with Gasteiger partial charge in [0.05, 0.1) is 10.9 Å². The molecule has 1 aromatic carbocycles. The van der Waals surface area contributed by atoms with Gasteiger partial charge in [-0.1, -0.05) is 12.5 Å². The van der Waals surface area contributed by atoms with Crippen LogP contribution in [-0.4, -0.2) is 10.9 Å². The summed E-state index contributed by atoms with van der Waals surface area (Å²) in [5, 5.41) is 0. The van der Waals surface area contributed by atoms with Crippen LogP contribution < -0.4 is 17.0 Å². The van der Waals surface area contributed by atoms with Crippen LogP contribution in [0.5, 0.6) is 0 Å². The van der Waals surface area contributed by atoms with E-state index in [1.54, 1.807) is 12.1 Å². The summed E-state index contributed by atoms with van der Waals surface area (Å²) in [7, 11) is 0. The molecule has 0 radical (unpaired) electrons. The molecule has 1 fully saturated rings. The molecule has 1 saturated carbocycles. The second kappa shape index (κ2) is 3.71. The number of amides is 1. The highest BCUT2D eigenvalue weighted by atomic mass is 16.4. The molecular weight excluding hydrogens is 234 g/mol. The number of oxazole rings is 1. The van der Waals surface area contributed by atoms with Gasteiger partial charge in [0, 0.05) is 0 Å². The van der Waals surface area contributed by atoms with Crippen LogP contribution in [0.25, 0.3) is 11.1 Å². The van der Waals surface area contributed by atoms with Crippen LogP contribution in [0.4, 0.5) is 0 Å². The van der Waals surface area contributed by atoms with Crippen molar-refractivity contribution in [2.24, 2.45) is 5.84 Å². The van der Waals surface area contributed by atoms with Crippen LogP contribution in [0.1, 0.15) is 24.8 Å². The first-order valence-electron chi connectivity index (χ1n) is 5.80. The smallest absolute Gasteiger partial charge is 0.408 e.